The first kappa shape index (κ1) is 42.7. The van der Waals surface area contributed by atoms with Gasteiger partial charge in [-0.1, -0.05) is 200 Å². The molecule has 15 rings (SSSR count). The molecule has 3 aromatic heterocycles. The van der Waals surface area contributed by atoms with Crippen molar-refractivity contribution in [2.75, 3.05) is 4.90 Å². The predicted octanol–water partition coefficient (Wildman–Crippen LogP) is 17.1. The van der Waals surface area contributed by atoms with Gasteiger partial charge in [-0.15, -0.1) is 0 Å². The summed E-state index contributed by atoms with van der Waals surface area (Å²) in [7, 11) is 0. The van der Waals surface area contributed by atoms with Crippen molar-refractivity contribution < 1.29 is 0 Å². The number of hydrogen-bond acceptors (Lipinski definition) is 4. The third kappa shape index (κ3) is 7.06. The van der Waals surface area contributed by atoms with Crippen molar-refractivity contribution in [3.63, 3.8) is 0 Å². The first-order valence-corrected chi connectivity index (χ1v) is 25.7. The van der Waals surface area contributed by atoms with Crippen molar-refractivity contribution in [3.05, 3.63) is 273 Å². The second kappa shape index (κ2) is 17.4. The van der Waals surface area contributed by atoms with Gasteiger partial charge in [-0.05, 0) is 89.0 Å². The number of allylic oxidation sites excluding steroid dienone is 2. The van der Waals surface area contributed by atoms with E-state index in [0.29, 0.717) is 17.5 Å². The van der Waals surface area contributed by atoms with E-state index in [4.69, 9.17) is 15.0 Å². The summed E-state index contributed by atoms with van der Waals surface area (Å²) in [5.41, 5.74) is 17.9. The third-order valence-corrected chi connectivity index (χ3v) is 15.3. The fourth-order valence-corrected chi connectivity index (χ4v) is 11.9. The number of para-hydroxylation sites is 4. The standard InChI is InChI=1S/C69H46N6/c1-4-19-45(20-5-1)67-70-68(46-21-6-2-7-22-46)72-69(71-67)50-24-18-23-47(41-50)48-35-38-53(65(42-48)75-62-33-16-12-29-56(62)57-30-13-17-34-63(57)75)49-36-39-58-59-44-52(37-40-64(59)73(66(58)43-49)51-25-8-3-9-26-51)74-60-31-14-10-27-54(60)55-28-11-15-32-61(55)74/h1-44,56,62H. The Morgan fingerprint density at radius 2 is 0.853 bits per heavy atom. The molecule has 0 saturated carbocycles. The Labute approximate surface area is 434 Å². The number of fused-ring (bicyclic) bond motifs is 9. The normalized spacial score (nSPS) is 14.8. The lowest BCUT2D eigenvalue weighted by Gasteiger charge is -2.31. The van der Waals surface area contributed by atoms with Crippen LogP contribution in [0, 0.1) is 0 Å². The fourth-order valence-electron chi connectivity index (χ4n) is 11.9. The molecule has 6 heteroatoms. The van der Waals surface area contributed by atoms with Gasteiger partial charge in [-0.25, -0.2) is 15.0 Å². The molecule has 13 aromatic rings. The molecule has 2 aliphatic rings. The van der Waals surface area contributed by atoms with E-state index in [1.54, 1.807) is 0 Å². The maximum Gasteiger partial charge on any atom is 0.164 e. The van der Waals surface area contributed by atoms with Gasteiger partial charge in [0.15, 0.2) is 17.5 Å². The molecule has 0 fully saturated rings. The Morgan fingerprint density at radius 3 is 1.59 bits per heavy atom. The summed E-state index contributed by atoms with van der Waals surface area (Å²) in [6.45, 7) is 0. The van der Waals surface area contributed by atoms with E-state index >= 15 is 0 Å². The zero-order valence-electron chi connectivity index (χ0n) is 40.7. The molecule has 6 nitrogen and oxygen atoms in total. The summed E-state index contributed by atoms with van der Waals surface area (Å²) in [6, 6.07) is 87.3. The van der Waals surface area contributed by atoms with Crippen LogP contribution >= 0.6 is 0 Å². The molecule has 0 radical (unpaired) electrons. The van der Waals surface area contributed by atoms with Crippen molar-refractivity contribution in [1.82, 2.24) is 24.1 Å². The Morgan fingerprint density at radius 1 is 0.307 bits per heavy atom. The molecule has 0 amide bonds. The minimum Gasteiger partial charge on any atom is -0.333 e. The summed E-state index contributed by atoms with van der Waals surface area (Å²) in [6.07, 6.45) is 9.12. The van der Waals surface area contributed by atoms with Crippen LogP contribution < -0.4 is 4.90 Å². The van der Waals surface area contributed by atoms with Crippen LogP contribution in [0.3, 0.4) is 0 Å². The van der Waals surface area contributed by atoms with Gasteiger partial charge in [0.1, 0.15) is 0 Å². The molecule has 10 aromatic carbocycles. The van der Waals surface area contributed by atoms with Gasteiger partial charge in [-0.3, -0.25) is 0 Å². The summed E-state index contributed by atoms with van der Waals surface area (Å²) in [4.78, 5) is 17.7. The van der Waals surface area contributed by atoms with Crippen LogP contribution in [0.25, 0.3) is 111 Å². The molecular weight excluding hydrogens is 913 g/mol. The lowest BCUT2D eigenvalue weighted by Crippen LogP contribution is -2.29. The first-order chi connectivity index (χ1) is 37.2. The van der Waals surface area contributed by atoms with Crippen LogP contribution in [0.1, 0.15) is 11.5 Å². The summed E-state index contributed by atoms with van der Waals surface area (Å²) in [5.74, 6) is 2.13. The number of aromatic nitrogens is 5. The van der Waals surface area contributed by atoms with Gasteiger partial charge in [0.25, 0.3) is 0 Å². The molecule has 4 heterocycles. The monoisotopic (exact) mass is 958 g/mol. The van der Waals surface area contributed by atoms with Gasteiger partial charge in [-0.2, -0.15) is 0 Å². The minimum absolute atomic E-state index is 0.101. The van der Waals surface area contributed by atoms with Crippen molar-refractivity contribution >= 4 is 55.0 Å². The molecule has 1 aliphatic heterocycles. The summed E-state index contributed by atoms with van der Waals surface area (Å²) < 4.78 is 4.85. The quantitative estimate of drug-likeness (QED) is 0.152. The molecule has 0 spiro atoms. The highest BCUT2D eigenvalue weighted by Gasteiger charge is 2.38. The minimum atomic E-state index is 0.101. The van der Waals surface area contributed by atoms with Crippen molar-refractivity contribution in [2.24, 2.45) is 0 Å². The van der Waals surface area contributed by atoms with E-state index in [1.165, 1.54) is 43.8 Å². The average Bonchev–Trinajstić information content (AvgIpc) is 4.17. The number of rotatable bonds is 8. The highest BCUT2D eigenvalue weighted by molar-refractivity contribution is 6.13. The van der Waals surface area contributed by atoms with Crippen molar-refractivity contribution in [3.8, 4) is 67.8 Å². The van der Waals surface area contributed by atoms with Crippen LogP contribution in [0.15, 0.2) is 267 Å². The smallest absolute Gasteiger partial charge is 0.164 e. The predicted molar refractivity (Wildman–Crippen MR) is 309 cm³/mol. The molecule has 352 valence electrons. The third-order valence-electron chi connectivity index (χ3n) is 15.3. The zero-order valence-corrected chi connectivity index (χ0v) is 40.7. The number of benzene rings is 10. The number of hydrogen-bond donors (Lipinski definition) is 0. The van der Waals surface area contributed by atoms with E-state index < -0.39 is 0 Å². The number of anilines is 2. The van der Waals surface area contributed by atoms with E-state index in [0.717, 1.165) is 67.0 Å². The van der Waals surface area contributed by atoms with Gasteiger partial charge in [0.05, 0.1) is 33.8 Å². The molecule has 75 heavy (non-hydrogen) atoms. The van der Waals surface area contributed by atoms with Gasteiger partial charge in [0, 0.05) is 66.8 Å². The largest absolute Gasteiger partial charge is 0.333 e. The van der Waals surface area contributed by atoms with E-state index in [1.807, 2.05) is 36.4 Å². The molecule has 0 N–H and O–H groups in total. The molecule has 1 aliphatic carbocycles. The molecular formula is C69H46N6. The highest BCUT2D eigenvalue weighted by atomic mass is 15.2. The Hall–Kier alpha value is -9.91. The highest BCUT2D eigenvalue weighted by Crippen LogP contribution is 2.51. The van der Waals surface area contributed by atoms with E-state index in [-0.39, 0.29) is 12.0 Å². The lowest BCUT2D eigenvalue weighted by atomic mass is 9.91. The molecule has 0 saturated heterocycles. The van der Waals surface area contributed by atoms with Crippen LogP contribution in [0.5, 0.6) is 0 Å². The zero-order chi connectivity index (χ0) is 49.4. The Balaban J connectivity index is 0.914. The van der Waals surface area contributed by atoms with Gasteiger partial charge in [0.2, 0.25) is 0 Å². The molecule has 0 bridgehead atoms. The molecule has 2 atom stereocenters. The number of nitrogens with zero attached hydrogens (tertiary/aromatic N) is 6. The first-order valence-electron chi connectivity index (χ1n) is 25.7. The van der Waals surface area contributed by atoms with Crippen LogP contribution in [-0.4, -0.2) is 30.1 Å². The lowest BCUT2D eigenvalue weighted by molar-refractivity contribution is 0.745. The SMILES string of the molecule is C1=CC2c3ccccc3N(c3cc(-c4cccc(-c5nc(-c6ccccc6)nc(-c6ccccc6)n5)c4)ccc3-c3ccc4c5cc(-n6c7ccccc7c7ccccc76)ccc5n(-c5ccccc5)c4c3)C2C=C1. The van der Waals surface area contributed by atoms with Gasteiger partial charge < -0.3 is 14.0 Å². The topological polar surface area (TPSA) is 51.8 Å². The van der Waals surface area contributed by atoms with E-state index in [2.05, 4.69) is 245 Å². The van der Waals surface area contributed by atoms with Crippen molar-refractivity contribution in [2.45, 2.75) is 12.0 Å². The second-order valence-electron chi connectivity index (χ2n) is 19.5. The maximum atomic E-state index is 5.10. The van der Waals surface area contributed by atoms with Crippen LogP contribution in [-0.2, 0) is 0 Å². The Bertz CT molecular complexity index is 4320. The summed E-state index contributed by atoms with van der Waals surface area (Å²) >= 11 is 0. The van der Waals surface area contributed by atoms with Gasteiger partial charge >= 0.3 is 0 Å². The summed E-state index contributed by atoms with van der Waals surface area (Å²) in [5, 5.41) is 4.91. The van der Waals surface area contributed by atoms with E-state index in [9.17, 15) is 0 Å². The average molecular weight is 959 g/mol. The fraction of sp³-hybridized carbons (Fsp3) is 0.0290. The maximum absolute atomic E-state index is 5.10. The van der Waals surface area contributed by atoms with Crippen LogP contribution in [0.4, 0.5) is 11.4 Å². The van der Waals surface area contributed by atoms with Crippen LogP contribution in [0.2, 0.25) is 0 Å². The Kier molecular flexibility index (Phi) is 9.91. The molecule has 2 unspecified atom stereocenters. The van der Waals surface area contributed by atoms with Crippen molar-refractivity contribution in [1.29, 1.82) is 0 Å². The second-order valence-corrected chi connectivity index (χ2v) is 19.5.